The minimum atomic E-state index is 0.768. The molecule has 53 heavy (non-hydrogen) atoms. The normalized spacial score (nSPS) is 12.5. The number of hydrogen-bond donors (Lipinski definition) is 3. The molecule has 8 bridgehead atoms. The number of hydrogen-bond acceptors (Lipinski definition) is 4. The number of ether oxygens (including phenoxy) is 1. The van der Waals surface area contributed by atoms with E-state index >= 15 is 0 Å². The third-order valence-corrected chi connectivity index (χ3v) is 10.4. The van der Waals surface area contributed by atoms with Gasteiger partial charge in [0.05, 0.1) is 29.9 Å². The molecule has 0 unspecified atom stereocenters. The van der Waals surface area contributed by atoms with Crippen LogP contribution in [-0.2, 0) is 13.0 Å². The molecule has 0 saturated heterocycles. The third kappa shape index (κ3) is 5.71. The molecule has 0 fully saturated rings. The van der Waals surface area contributed by atoms with Crippen molar-refractivity contribution in [3.8, 4) is 39.1 Å². The van der Waals surface area contributed by atoms with E-state index in [4.69, 9.17) is 14.7 Å². The zero-order chi connectivity index (χ0) is 35.3. The van der Waals surface area contributed by atoms with E-state index in [9.17, 15) is 0 Å². The molecule has 6 nitrogen and oxygen atoms in total. The maximum absolute atomic E-state index is 5.43. The first-order chi connectivity index (χ1) is 26.1. The molecule has 2 aliphatic heterocycles. The number of H-pyrrole nitrogens is 2. The van der Waals surface area contributed by atoms with Crippen LogP contribution < -0.4 is 10.1 Å². The molecule has 4 aromatic carbocycles. The Hall–Kier alpha value is -6.92. The molecular formula is C47H35N5O. The van der Waals surface area contributed by atoms with Crippen molar-refractivity contribution in [1.82, 2.24) is 19.9 Å². The summed E-state index contributed by atoms with van der Waals surface area (Å²) >= 11 is 0. The largest absolute Gasteiger partial charge is 0.497 e. The van der Waals surface area contributed by atoms with Crippen LogP contribution in [0.4, 0.5) is 5.69 Å². The Morgan fingerprint density at radius 2 is 1.21 bits per heavy atom. The predicted molar refractivity (Wildman–Crippen MR) is 218 cm³/mol. The van der Waals surface area contributed by atoms with Gasteiger partial charge in [-0.15, -0.1) is 0 Å². The fourth-order valence-electron chi connectivity index (χ4n) is 7.78. The van der Waals surface area contributed by atoms with Crippen LogP contribution in [0.25, 0.3) is 79.8 Å². The SMILES string of the molecule is COc1ccc(-c2c3nc(cc4ccc([nH]4)c(-c4ccc(NCc5cccc6c5Cc5ccccc5-6)cc4)c4nc(cc5ccc2[nH]5)C=C4)C=C3)cc1. The van der Waals surface area contributed by atoms with Crippen LogP contribution in [0.15, 0.2) is 127 Å². The zero-order valence-corrected chi connectivity index (χ0v) is 29.2. The second-order valence-corrected chi connectivity index (χ2v) is 13.6. The van der Waals surface area contributed by atoms with E-state index in [1.54, 1.807) is 7.11 Å². The maximum atomic E-state index is 5.43. The Morgan fingerprint density at radius 1 is 0.604 bits per heavy atom. The Morgan fingerprint density at radius 3 is 1.85 bits per heavy atom. The number of nitrogens with one attached hydrogen (secondary N) is 3. The van der Waals surface area contributed by atoms with Gasteiger partial charge in [-0.25, -0.2) is 9.97 Å². The van der Waals surface area contributed by atoms with Crippen LogP contribution in [0, 0.1) is 0 Å². The van der Waals surface area contributed by atoms with E-state index in [1.165, 1.54) is 27.8 Å². The number of aromatic nitrogens is 4. The van der Waals surface area contributed by atoms with Crippen LogP contribution in [0.5, 0.6) is 5.75 Å². The second-order valence-electron chi connectivity index (χ2n) is 13.6. The number of methoxy groups -OCH3 is 1. The molecule has 5 heterocycles. The van der Waals surface area contributed by atoms with Gasteiger partial charge in [0.15, 0.2) is 0 Å². The molecule has 6 heteroatoms. The monoisotopic (exact) mass is 685 g/mol. The minimum absolute atomic E-state index is 0.768. The number of nitrogens with zero attached hydrogens (tertiary/aromatic N) is 2. The molecule has 0 amide bonds. The minimum Gasteiger partial charge on any atom is -0.497 e. The Kier molecular flexibility index (Phi) is 7.39. The van der Waals surface area contributed by atoms with Gasteiger partial charge in [0.2, 0.25) is 0 Å². The number of benzene rings is 4. The van der Waals surface area contributed by atoms with Crippen molar-refractivity contribution in [2.45, 2.75) is 13.0 Å². The number of rotatable bonds is 6. The van der Waals surface area contributed by atoms with Gasteiger partial charge in [0.1, 0.15) is 5.75 Å². The lowest BCUT2D eigenvalue weighted by atomic mass is 10.0. The molecule has 0 atom stereocenters. The number of aromatic amines is 2. The Labute approximate surface area is 307 Å². The van der Waals surface area contributed by atoms with Gasteiger partial charge < -0.3 is 20.0 Å². The van der Waals surface area contributed by atoms with Crippen LogP contribution in [0.2, 0.25) is 0 Å². The molecule has 254 valence electrons. The van der Waals surface area contributed by atoms with Gasteiger partial charge in [0.25, 0.3) is 0 Å². The summed E-state index contributed by atoms with van der Waals surface area (Å²) in [5.74, 6) is 0.814. The maximum Gasteiger partial charge on any atom is 0.118 e. The highest BCUT2D eigenvalue weighted by atomic mass is 16.5. The summed E-state index contributed by atoms with van der Waals surface area (Å²) in [6.07, 6.45) is 9.32. The summed E-state index contributed by atoms with van der Waals surface area (Å²) < 4.78 is 5.43. The van der Waals surface area contributed by atoms with Gasteiger partial charge >= 0.3 is 0 Å². The molecule has 0 saturated carbocycles. The van der Waals surface area contributed by atoms with Gasteiger partial charge in [-0.1, -0.05) is 66.7 Å². The van der Waals surface area contributed by atoms with Gasteiger partial charge in [-0.05, 0) is 130 Å². The average Bonchev–Trinajstić information content (AvgIpc) is 4.05. The highest BCUT2D eigenvalue weighted by Gasteiger charge is 2.20. The molecule has 3 aliphatic rings. The molecule has 0 spiro atoms. The van der Waals surface area contributed by atoms with E-state index in [0.717, 1.165) is 91.5 Å². The summed E-state index contributed by atoms with van der Waals surface area (Å²) in [6.45, 7) is 0.768. The quantitative estimate of drug-likeness (QED) is 0.163. The molecular weight excluding hydrogens is 651 g/mol. The summed E-state index contributed by atoms with van der Waals surface area (Å²) in [5.41, 5.74) is 19.6. The van der Waals surface area contributed by atoms with Crippen LogP contribution >= 0.6 is 0 Å². The highest BCUT2D eigenvalue weighted by Crippen LogP contribution is 2.39. The van der Waals surface area contributed by atoms with E-state index in [1.807, 2.05) is 12.1 Å². The number of anilines is 1. The van der Waals surface area contributed by atoms with Crippen molar-refractivity contribution in [3.05, 3.63) is 167 Å². The van der Waals surface area contributed by atoms with Crippen LogP contribution in [0.1, 0.15) is 39.5 Å². The third-order valence-electron chi connectivity index (χ3n) is 10.4. The summed E-state index contributed by atoms with van der Waals surface area (Å²) in [7, 11) is 1.68. The van der Waals surface area contributed by atoms with Gasteiger partial charge in [-0.3, -0.25) is 0 Å². The fraction of sp³-hybridized carbons (Fsp3) is 0.0638. The number of fused-ring (bicyclic) bond motifs is 11. The van der Waals surface area contributed by atoms with Crippen molar-refractivity contribution in [3.63, 3.8) is 0 Å². The first-order valence-corrected chi connectivity index (χ1v) is 17.9. The van der Waals surface area contributed by atoms with Gasteiger partial charge in [-0.2, -0.15) is 0 Å². The fourth-order valence-corrected chi connectivity index (χ4v) is 7.78. The van der Waals surface area contributed by atoms with Crippen molar-refractivity contribution < 1.29 is 4.74 Å². The van der Waals surface area contributed by atoms with Crippen LogP contribution in [0.3, 0.4) is 0 Å². The average molecular weight is 686 g/mol. The van der Waals surface area contributed by atoms with E-state index in [-0.39, 0.29) is 0 Å². The lowest BCUT2D eigenvalue weighted by molar-refractivity contribution is 0.415. The zero-order valence-electron chi connectivity index (χ0n) is 29.2. The molecule has 3 aromatic heterocycles. The van der Waals surface area contributed by atoms with Crippen molar-refractivity contribution in [2.75, 3.05) is 12.4 Å². The first kappa shape index (κ1) is 30.9. The van der Waals surface area contributed by atoms with E-state index in [2.05, 4.69) is 155 Å². The van der Waals surface area contributed by atoms with Gasteiger partial charge in [0, 0.05) is 45.4 Å². The molecule has 7 aromatic rings. The highest BCUT2D eigenvalue weighted by molar-refractivity contribution is 5.93. The first-order valence-electron chi connectivity index (χ1n) is 17.9. The van der Waals surface area contributed by atoms with E-state index < -0.39 is 0 Å². The predicted octanol–water partition coefficient (Wildman–Crippen LogP) is 11.2. The molecule has 0 radical (unpaired) electrons. The summed E-state index contributed by atoms with van der Waals surface area (Å²) in [6, 6.07) is 44.8. The standard InChI is InChI=1S/C47H35N5O/c1-53-38-19-11-30(12-20-38)47-44-23-17-36(51-44)26-34-15-21-42(49-34)46(43-22-16-35(50-43)27-37-18-24-45(47)52-37)29-9-13-33(14-10-29)48-28-32-6-4-8-40-39-7-3-2-5-31(39)25-41(32)40/h2-24,26-27,48-49,52H,25,28H2,1H3. The summed E-state index contributed by atoms with van der Waals surface area (Å²) in [4.78, 5) is 17.5. The lowest BCUT2D eigenvalue weighted by Crippen LogP contribution is -2.02. The lowest BCUT2D eigenvalue weighted by Gasteiger charge is -2.12. The van der Waals surface area contributed by atoms with Crippen LogP contribution in [-0.4, -0.2) is 27.0 Å². The smallest absolute Gasteiger partial charge is 0.118 e. The molecule has 1 aliphatic carbocycles. The Bertz CT molecular complexity index is 2780. The Balaban J connectivity index is 1.03. The second kappa shape index (κ2) is 12.7. The molecule has 10 rings (SSSR count). The van der Waals surface area contributed by atoms with Crippen molar-refractivity contribution in [1.29, 1.82) is 0 Å². The topological polar surface area (TPSA) is 78.6 Å². The summed E-state index contributed by atoms with van der Waals surface area (Å²) in [5, 5.41) is 3.69. The molecule has 3 N–H and O–H groups in total. The van der Waals surface area contributed by atoms with E-state index in [0.29, 0.717) is 0 Å². The van der Waals surface area contributed by atoms with Crippen molar-refractivity contribution in [2.24, 2.45) is 0 Å². The van der Waals surface area contributed by atoms with Crippen molar-refractivity contribution >= 4 is 52.1 Å².